The molecule has 3 N–H and O–H groups in total. The first-order chi connectivity index (χ1) is 8.57. The van der Waals surface area contributed by atoms with Crippen molar-refractivity contribution in [1.29, 1.82) is 0 Å². The van der Waals surface area contributed by atoms with E-state index in [9.17, 15) is 5.11 Å². The molecule has 0 bridgehead atoms. The van der Waals surface area contributed by atoms with Crippen molar-refractivity contribution in [2.45, 2.75) is 45.4 Å². The molecule has 0 aliphatic carbocycles. The Morgan fingerprint density at radius 1 is 1.00 bits per heavy atom. The van der Waals surface area contributed by atoms with Gasteiger partial charge in [0.2, 0.25) is 0 Å². The van der Waals surface area contributed by atoms with Crippen LogP contribution in [0.5, 0.6) is 5.75 Å². The first kappa shape index (κ1) is 26.3. The predicted octanol–water partition coefficient (Wildman–Crippen LogP) is 2.30. The molecule has 0 amide bonds. The molecule has 0 fully saturated rings. The van der Waals surface area contributed by atoms with Crippen molar-refractivity contribution >= 4 is 104 Å². The standard InChI is InChI=1S/C13H20O.CH2O3.2Ba.4H/c1-2-3-4-5-6-9-12-10-7-8-11-13(12)14;2-1(3)4;;;;;;/h7-8,10-11,14H,2-6,9H2,1H3;(H2,2,3,4);;;;;;. The number of unbranched alkanes of at least 4 members (excludes halogenated alkanes) is 4. The number of para-hydroxylation sites is 1. The number of rotatable bonds is 6. The third kappa shape index (κ3) is 17.5. The van der Waals surface area contributed by atoms with E-state index in [1.807, 2.05) is 18.2 Å². The number of aromatic hydroxyl groups is 1. The van der Waals surface area contributed by atoms with E-state index < -0.39 is 6.16 Å². The van der Waals surface area contributed by atoms with Crippen molar-refractivity contribution in [2.24, 2.45) is 0 Å². The molecule has 0 saturated heterocycles. The molecule has 0 spiro atoms. The first-order valence-corrected chi connectivity index (χ1v) is 6.26. The van der Waals surface area contributed by atoms with Crippen molar-refractivity contribution in [3.63, 3.8) is 0 Å². The van der Waals surface area contributed by atoms with E-state index in [2.05, 4.69) is 6.92 Å². The fourth-order valence-corrected chi connectivity index (χ4v) is 1.64. The molecular formula is C14H26Ba2O4. The first-order valence-electron chi connectivity index (χ1n) is 6.26. The second kappa shape index (κ2) is 18.5. The summed E-state index contributed by atoms with van der Waals surface area (Å²) in [5.41, 5.74) is 1.09. The predicted molar refractivity (Wildman–Crippen MR) is 88.3 cm³/mol. The van der Waals surface area contributed by atoms with Gasteiger partial charge in [0.05, 0.1) is 0 Å². The molecule has 1 rings (SSSR count). The van der Waals surface area contributed by atoms with Gasteiger partial charge >= 0.3 is 104 Å². The van der Waals surface area contributed by atoms with Gasteiger partial charge in [-0.2, -0.15) is 0 Å². The third-order valence-electron chi connectivity index (χ3n) is 2.54. The van der Waals surface area contributed by atoms with E-state index in [-0.39, 0.29) is 97.8 Å². The zero-order chi connectivity index (χ0) is 13.8. The average Bonchev–Trinajstić information content (AvgIpc) is 2.30. The summed E-state index contributed by atoms with van der Waals surface area (Å²) in [5.74, 6) is 0.447. The van der Waals surface area contributed by atoms with Crippen LogP contribution in [0.25, 0.3) is 0 Å². The Balaban J connectivity index is -0.000000429. The summed E-state index contributed by atoms with van der Waals surface area (Å²) in [4.78, 5) is 8.56. The van der Waals surface area contributed by atoms with Gasteiger partial charge in [0.25, 0.3) is 0 Å². The number of hydrogen-bond donors (Lipinski definition) is 3. The number of hydrogen-bond acceptors (Lipinski definition) is 2. The molecule has 0 aliphatic heterocycles. The fourth-order valence-electron chi connectivity index (χ4n) is 1.64. The van der Waals surface area contributed by atoms with Crippen LogP contribution in [0.15, 0.2) is 24.3 Å². The molecule has 0 saturated carbocycles. The zero-order valence-corrected chi connectivity index (χ0v) is 10.8. The van der Waals surface area contributed by atoms with Gasteiger partial charge in [0, 0.05) is 0 Å². The second-order valence-electron chi connectivity index (χ2n) is 4.08. The van der Waals surface area contributed by atoms with Crippen LogP contribution in [-0.4, -0.2) is 119 Å². The van der Waals surface area contributed by atoms with E-state index in [1.54, 1.807) is 6.07 Å². The molecule has 0 atom stereocenters. The molecule has 0 radical (unpaired) electrons. The van der Waals surface area contributed by atoms with Crippen LogP contribution in [0.3, 0.4) is 0 Å². The van der Waals surface area contributed by atoms with Crippen LogP contribution in [0.2, 0.25) is 0 Å². The Hall–Kier alpha value is 1.43. The topological polar surface area (TPSA) is 77.8 Å². The van der Waals surface area contributed by atoms with Gasteiger partial charge in [-0.05, 0) is 24.5 Å². The second-order valence-corrected chi connectivity index (χ2v) is 4.08. The summed E-state index contributed by atoms with van der Waals surface area (Å²) in [6.07, 6.45) is 5.59. The molecule has 20 heavy (non-hydrogen) atoms. The Bertz CT molecular complexity index is 342. The van der Waals surface area contributed by atoms with Gasteiger partial charge in [-0.15, -0.1) is 0 Å². The summed E-state index contributed by atoms with van der Waals surface area (Å²) in [7, 11) is 0. The van der Waals surface area contributed by atoms with E-state index in [0.717, 1.165) is 12.0 Å². The number of carboxylic acid groups (broad SMARTS) is 2. The quantitative estimate of drug-likeness (QED) is 0.388. The zero-order valence-electron chi connectivity index (χ0n) is 10.8. The molecule has 0 aliphatic rings. The Labute approximate surface area is 201 Å². The van der Waals surface area contributed by atoms with Crippen molar-refractivity contribution in [3.05, 3.63) is 29.8 Å². The van der Waals surface area contributed by atoms with E-state index in [0.29, 0.717) is 5.75 Å². The molecule has 0 aromatic heterocycles. The Morgan fingerprint density at radius 2 is 1.50 bits per heavy atom. The number of phenolic OH excluding ortho intramolecular Hbond substituents is 1. The van der Waals surface area contributed by atoms with Crippen LogP contribution in [0.4, 0.5) is 4.79 Å². The van der Waals surface area contributed by atoms with Crippen molar-refractivity contribution in [1.82, 2.24) is 0 Å². The average molecular weight is 533 g/mol. The van der Waals surface area contributed by atoms with Gasteiger partial charge in [0.15, 0.2) is 0 Å². The maximum absolute atomic E-state index is 9.51. The molecule has 0 heterocycles. The van der Waals surface area contributed by atoms with Gasteiger partial charge < -0.3 is 15.3 Å². The van der Waals surface area contributed by atoms with Crippen molar-refractivity contribution < 1.29 is 20.1 Å². The molecule has 6 heteroatoms. The summed E-state index contributed by atoms with van der Waals surface area (Å²) < 4.78 is 0. The Morgan fingerprint density at radius 3 is 2.00 bits per heavy atom. The van der Waals surface area contributed by atoms with Crippen molar-refractivity contribution in [3.8, 4) is 5.75 Å². The molecule has 110 valence electrons. The fraction of sp³-hybridized carbons (Fsp3) is 0.500. The Kier molecular flexibility index (Phi) is 24.3. The number of carbonyl (C=O) groups is 1. The van der Waals surface area contributed by atoms with Crippen molar-refractivity contribution in [2.75, 3.05) is 0 Å². The van der Waals surface area contributed by atoms with E-state index >= 15 is 0 Å². The third-order valence-corrected chi connectivity index (χ3v) is 2.54. The van der Waals surface area contributed by atoms with Gasteiger partial charge in [-0.25, -0.2) is 4.79 Å². The van der Waals surface area contributed by atoms with E-state index in [1.165, 1.54) is 32.1 Å². The van der Waals surface area contributed by atoms with Crippen LogP contribution in [0, 0.1) is 0 Å². The maximum atomic E-state index is 9.51. The van der Waals surface area contributed by atoms with Gasteiger partial charge in [-0.1, -0.05) is 50.8 Å². The van der Waals surface area contributed by atoms with E-state index in [4.69, 9.17) is 15.0 Å². The minimum absolute atomic E-state index is 0. The number of aryl methyl sites for hydroxylation is 1. The van der Waals surface area contributed by atoms with Crippen LogP contribution < -0.4 is 0 Å². The van der Waals surface area contributed by atoms with Crippen LogP contribution in [0.1, 0.15) is 44.6 Å². The van der Waals surface area contributed by atoms with Crippen LogP contribution in [-0.2, 0) is 6.42 Å². The molecule has 0 unspecified atom stereocenters. The summed E-state index contributed by atoms with van der Waals surface area (Å²) in [6, 6.07) is 7.63. The number of benzene rings is 1. The normalized spacial score (nSPS) is 8.45. The number of phenols is 1. The SMILES string of the molecule is CCCCCCCc1ccccc1O.O=C(O)O.[BaH2].[BaH2]. The molecule has 1 aromatic rings. The monoisotopic (exact) mass is 534 g/mol. The summed E-state index contributed by atoms with van der Waals surface area (Å²) >= 11 is 0. The summed E-state index contributed by atoms with van der Waals surface area (Å²) in [6.45, 7) is 2.23. The molecule has 1 aromatic carbocycles. The van der Waals surface area contributed by atoms with Gasteiger partial charge in [-0.3, -0.25) is 0 Å². The van der Waals surface area contributed by atoms with Gasteiger partial charge in [0.1, 0.15) is 5.75 Å². The molecular weight excluding hydrogens is 507 g/mol. The van der Waals surface area contributed by atoms with Crippen LogP contribution >= 0.6 is 0 Å². The molecule has 4 nitrogen and oxygen atoms in total. The minimum atomic E-state index is -1.83. The summed E-state index contributed by atoms with van der Waals surface area (Å²) in [5, 5.41) is 23.5.